The number of carbonyl (C=O) groups excluding carboxylic acids is 1. The molecule has 3 nitrogen and oxygen atoms in total. The van der Waals surface area contributed by atoms with Gasteiger partial charge in [0.05, 0.1) is 0 Å². The molecule has 0 aliphatic carbocycles. The number of ketones is 1. The Morgan fingerprint density at radius 2 is 1.80 bits per heavy atom. The van der Waals surface area contributed by atoms with Crippen LogP contribution in [-0.2, 0) is 15.0 Å². The van der Waals surface area contributed by atoms with Gasteiger partial charge in [0.25, 0.3) is 0 Å². The third-order valence-corrected chi connectivity index (χ3v) is 2.76. The van der Waals surface area contributed by atoms with E-state index in [9.17, 15) is 14.7 Å². The Morgan fingerprint density at radius 1 is 1.27 bits per heavy atom. The molecule has 1 aromatic rings. The molecule has 1 atom stereocenters. The number of aliphatic carboxylic acids is 1. The zero-order valence-electron chi connectivity index (χ0n) is 8.86. The lowest BCUT2D eigenvalue weighted by Gasteiger charge is -2.25. The number of Topliss-reactive ketones (excluding diaryl/α,β-unsaturated/α-hetero) is 1. The summed E-state index contributed by atoms with van der Waals surface area (Å²) in [5, 5.41) is 9.23. The van der Waals surface area contributed by atoms with Crippen molar-refractivity contribution >= 4 is 11.8 Å². The maximum atomic E-state index is 11.6. The summed E-state index contributed by atoms with van der Waals surface area (Å²) in [7, 11) is 0. The minimum absolute atomic E-state index is 0.266. The standard InChI is InChI=1S/C12H14O3/c1-3-12(9(2)13,11(14)15)10-7-5-4-6-8-10/h4-8H,3H2,1-2H3,(H,14,15). The van der Waals surface area contributed by atoms with Gasteiger partial charge in [-0.1, -0.05) is 37.3 Å². The third-order valence-electron chi connectivity index (χ3n) is 2.76. The lowest BCUT2D eigenvalue weighted by Crippen LogP contribution is -2.41. The van der Waals surface area contributed by atoms with Crippen LogP contribution in [0.2, 0.25) is 0 Å². The first-order valence-electron chi connectivity index (χ1n) is 4.85. The van der Waals surface area contributed by atoms with Crippen LogP contribution in [-0.4, -0.2) is 16.9 Å². The first-order chi connectivity index (χ1) is 7.05. The average molecular weight is 206 g/mol. The fraction of sp³-hybridized carbons (Fsp3) is 0.333. The second-order valence-electron chi connectivity index (χ2n) is 3.49. The molecule has 0 fully saturated rings. The Hall–Kier alpha value is -1.64. The molecule has 0 aromatic heterocycles. The predicted octanol–water partition coefficient (Wildman–Crippen LogP) is 2.01. The van der Waals surface area contributed by atoms with Gasteiger partial charge < -0.3 is 5.11 Å². The highest BCUT2D eigenvalue weighted by Gasteiger charge is 2.43. The molecule has 0 amide bonds. The molecule has 0 aliphatic rings. The molecule has 1 N–H and O–H groups in total. The highest BCUT2D eigenvalue weighted by Crippen LogP contribution is 2.29. The Morgan fingerprint density at radius 3 is 2.13 bits per heavy atom. The van der Waals surface area contributed by atoms with E-state index in [1.807, 2.05) is 0 Å². The minimum atomic E-state index is -1.39. The van der Waals surface area contributed by atoms with E-state index in [0.717, 1.165) is 0 Å². The first-order valence-corrected chi connectivity index (χ1v) is 4.85. The van der Waals surface area contributed by atoms with Gasteiger partial charge in [0.1, 0.15) is 0 Å². The van der Waals surface area contributed by atoms with Crippen molar-refractivity contribution < 1.29 is 14.7 Å². The van der Waals surface area contributed by atoms with E-state index in [1.165, 1.54) is 6.92 Å². The van der Waals surface area contributed by atoms with Gasteiger partial charge in [-0.15, -0.1) is 0 Å². The Kier molecular flexibility index (Phi) is 3.24. The molecule has 15 heavy (non-hydrogen) atoms. The van der Waals surface area contributed by atoms with E-state index >= 15 is 0 Å². The zero-order chi connectivity index (χ0) is 11.5. The van der Waals surface area contributed by atoms with E-state index < -0.39 is 11.4 Å². The molecule has 0 heterocycles. The van der Waals surface area contributed by atoms with Crippen LogP contribution >= 0.6 is 0 Å². The molecule has 3 heteroatoms. The highest BCUT2D eigenvalue weighted by atomic mass is 16.4. The first kappa shape index (κ1) is 11.4. The number of carboxylic acids is 1. The minimum Gasteiger partial charge on any atom is -0.480 e. The van der Waals surface area contributed by atoms with Crippen LogP contribution in [0.15, 0.2) is 30.3 Å². The molecule has 0 bridgehead atoms. The van der Waals surface area contributed by atoms with Crippen molar-refractivity contribution in [2.75, 3.05) is 0 Å². The number of benzene rings is 1. The Bertz CT molecular complexity index is 354. The lowest BCUT2D eigenvalue weighted by molar-refractivity contribution is -0.148. The summed E-state index contributed by atoms with van der Waals surface area (Å²) in [6.07, 6.45) is 0.266. The van der Waals surface area contributed by atoms with Crippen LogP contribution in [0.4, 0.5) is 0 Å². The Labute approximate surface area is 88.7 Å². The van der Waals surface area contributed by atoms with Crippen molar-refractivity contribution in [3.05, 3.63) is 35.9 Å². The maximum absolute atomic E-state index is 11.6. The topological polar surface area (TPSA) is 54.4 Å². The molecule has 0 saturated carbocycles. The van der Waals surface area contributed by atoms with Gasteiger partial charge in [0.2, 0.25) is 0 Å². The molecule has 1 rings (SSSR count). The summed E-state index contributed by atoms with van der Waals surface area (Å²) in [4.78, 5) is 22.8. The molecule has 0 saturated heterocycles. The van der Waals surface area contributed by atoms with E-state index in [-0.39, 0.29) is 12.2 Å². The summed E-state index contributed by atoms with van der Waals surface area (Å²) in [6, 6.07) is 8.64. The zero-order valence-corrected chi connectivity index (χ0v) is 8.86. The molecular formula is C12H14O3. The highest BCUT2D eigenvalue weighted by molar-refractivity contribution is 6.07. The van der Waals surface area contributed by atoms with E-state index in [4.69, 9.17) is 0 Å². The number of carboxylic acid groups (broad SMARTS) is 1. The molecule has 0 radical (unpaired) electrons. The molecule has 1 unspecified atom stereocenters. The number of hydrogen-bond acceptors (Lipinski definition) is 2. The molecule has 0 spiro atoms. The number of rotatable bonds is 4. The average Bonchev–Trinajstić information content (AvgIpc) is 2.20. The predicted molar refractivity (Wildman–Crippen MR) is 56.7 cm³/mol. The van der Waals surface area contributed by atoms with Gasteiger partial charge in [-0.05, 0) is 18.9 Å². The van der Waals surface area contributed by atoms with Crippen molar-refractivity contribution in [3.63, 3.8) is 0 Å². The molecular weight excluding hydrogens is 192 g/mol. The summed E-state index contributed by atoms with van der Waals surface area (Å²) >= 11 is 0. The summed E-state index contributed by atoms with van der Waals surface area (Å²) in [5.41, 5.74) is -0.839. The monoisotopic (exact) mass is 206 g/mol. The molecule has 80 valence electrons. The largest absolute Gasteiger partial charge is 0.480 e. The van der Waals surface area contributed by atoms with Gasteiger partial charge in [-0.2, -0.15) is 0 Å². The number of carbonyl (C=O) groups is 2. The van der Waals surface area contributed by atoms with Crippen LogP contribution in [0, 0.1) is 0 Å². The fourth-order valence-corrected chi connectivity index (χ4v) is 1.80. The quantitative estimate of drug-likeness (QED) is 0.766. The van der Waals surface area contributed by atoms with Gasteiger partial charge in [0.15, 0.2) is 11.2 Å². The van der Waals surface area contributed by atoms with Gasteiger partial charge in [0, 0.05) is 0 Å². The fourth-order valence-electron chi connectivity index (χ4n) is 1.80. The van der Waals surface area contributed by atoms with Crippen LogP contribution in [0.5, 0.6) is 0 Å². The number of hydrogen-bond donors (Lipinski definition) is 1. The van der Waals surface area contributed by atoms with Crippen LogP contribution in [0.1, 0.15) is 25.8 Å². The van der Waals surface area contributed by atoms with Gasteiger partial charge >= 0.3 is 5.97 Å². The summed E-state index contributed by atoms with van der Waals surface area (Å²) in [6.45, 7) is 3.03. The molecule has 1 aromatic carbocycles. The maximum Gasteiger partial charge on any atom is 0.321 e. The van der Waals surface area contributed by atoms with Crippen molar-refractivity contribution in [3.8, 4) is 0 Å². The smallest absolute Gasteiger partial charge is 0.321 e. The van der Waals surface area contributed by atoms with Gasteiger partial charge in [-0.3, -0.25) is 9.59 Å². The van der Waals surface area contributed by atoms with E-state index in [0.29, 0.717) is 5.56 Å². The van der Waals surface area contributed by atoms with E-state index in [2.05, 4.69) is 0 Å². The van der Waals surface area contributed by atoms with Crippen molar-refractivity contribution in [1.82, 2.24) is 0 Å². The summed E-state index contributed by atoms with van der Waals surface area (Å²) < 4.78 is 0. The Balaban J connectivity index is 3.35. The van der Waals surface area contributed by atoms with E-state index in [1.54, 1.807) is 37.3 Å². The van der Waals surface area contributed by atoms with Crippen LogP contribution < -0.4 is 0 Å². The SMILES string of the molecule is CCC(C(C)=O)(C(=O)O)c1ccccc1. The van der Waals surface area contributed by atoms with Gasteiger partial charge in [-0.25, -0.2) is 0 Å². The second kappa shape index (κ2) is 4.26. The lowest BCUT2D eigenvalue weighted by atomic mass is 9.75. The second-order valence-corrected chi connectivity index (χ2v) is 3.49. The van der Waals surface area contributed by atoms with Crippen molar-refractivity contribution in [1.29, 1.82) is 0 Å². The van der Waals surface area contributed by atoms with Crippen LogP contribution in [0.3, 0.4) is 0 Å². The summed E-state index contributed by atoms with van der Waals surface area (Å²) in [5.74, 6) is -1.41. The van der Waals surface area contributed by atoms with Crippen LogP contribution in [0.25, 0.3) is 0 Å². The van der Waals surface area contributed by atoms with Crippen molar-refractivity contribution in [2.45, 2.75) is 25.7 Å². The van der Waals surface area contributed by atoms with Crippen molar-refractivity contribution in [2.24, 2.45) is 0 Å². The normalized spacial score (nSPS) is 14.3. The third kappa shape index (κ3) is 1.77. The molecule has 0 aliphatic heterocycles.